The lowest BCUT2D eigenvalue weighted by atomic mass is 9.94. The van der Waals surface area contributed by atoms with Crippen LogP contribution in [0.5, 0.6) is 0 Å². The summed E-state index contributed by atoms with van der Waals surface area (Å²) in [5.74, 6) is 0.326. The van der Waals surface area contributed by atoms with Crippen LogP contribution < -0.4 is 10.6 Å². The minimum atomic E-state index is -0.423. The van der Waals surface area contributed by atoms with Gasteiger partial charge in [0.15, 0.2) is 0 Å². The monoisotopic (exact) mass is 263 g/mol. The Hall–Kier alpha value is -1.95. The fraction of sp³-hybridized carbons (Fsp3) is 0.462. The van der Waals surface area contributed by atoms with Crippen molar-refractivity contribution in [3.63, 3.8) is 0 Å². The van der Waals surface area contributed by atoms with Crippen molar-refractivity contribution in [3.05, 3.63) is 39.9 Å². The van der Waals surface area contributed by atoms with Crippen LogP contribution in [0.25, 0.3) is 0 Å². The number of nitrogens with zero attached hydrogens (tertiary/aromatic N) is 1. The molecule has 1 fully saturated rings. The van der Waals surface area contributed by atoms with Crippen LogP contribution >= 0.6 is 0 Å². The average molecular weight is 263 g/mol. The quantitative estimate of drug-likeness (QED) is 0.631. The molecule has 0 saturated carbocycles. The van der Waals surface area contributed by atoms with Crippen molar-refractivity contribution in [2.45, 2.75) is 25.9 Å². The number of nitro groups is 1. The Labute approximate surface area is 111 Å². The third kappa shape index (κ3) is 3.29. The van der Waals surface area contributed by atoms with Gasteiger partial charge in [-0.1, -0.05) is 19.1 Å². The van der Waals surface area contributed by atoms with Crippen LogP contribution in [-0.2, 0) is 11.3 Å². The van der Waals surface area contributed by atoms with E-state index >= 15 is 0 Å². The minimum Gasteiger partial charge on any atom is -0.355 e. The van der Waals surface area contributed by atoms with Crippen molar-refractivity contribution in [2.24, 2.45) is 5.92 Å². The Morgan fingerprint density at radius 1 is 1.42 bits per heavy atom. The highest BCUT2D eigenvalue weighted by Crippen LogP contribution is 2.15. The molecule has 0 radical (unpaired) electrons. The van der Waals surface area contributed by atoms with Gasteiger partial charge in [-0.25, -0.2) is 0 Å². The molecule has 1 aliphatic rings. The first-order valence-corrected chi connectivity index (χ1v) is 6.32. The van der Waals surface area contributed by atoms with E-state index < -0.39 is 4.92 Å². The third-order valence-corrected chi connectivity index (χ3v) is 3.42. The molecule has 0 aromatic heterocycles. The van der Waals surface area contributed by atoms with Crippen LogP contribution in [0.4, 0.5) is 5.69 Å². The number of benzene rings is 1. The van der Waals surface area contributed by atoms with Crippen LogP contribution in [0, 0.1) is 16.0 Å². The molecule has 0 spiro atoms. The molecule has 2 N–H and O–H groups in total. The van der Waals surface area contributed by atoms with Gasteiger partial charge in [0.05, 0.1) is 11.0 Å². The van der Waals surface area contributed by atoms with Gasteiger partial charge in [-0.05, 0) is 17.9 Å². The first-order valence-electron chi connectivity index (χ1n) is 6.32. The molecule has 1 aromatic carbocycles. The fourth-order valence-corrected chi connectivity index (χ4v) is 2.22. The number of nitro benzene ring substituents is 1. The Morgan fingerprint density at radius 2 is 2.11 bits per heavy atom. The molecule has 1 aromatic rings. The Bertz CT molecular complexity index is 473. The van der Waals surface area contributed by atoms with Gasteiger partial charge in [-0.3, -0.25) is 14.9 Å². The van der Waals surface area contributed by atoms with Gasteiger partial charge in [0, 0.05) is 25.2 Å². The summed E-state index contributed by atoms with van der Waals surface area (Å²) in [6.07, 6.45) is 0.962. The van der Waals surface area contributed by atoms with E-state index in [-0.39, 0.29) is 17.6 Å². The number of piperidine rings is 1. The number of carbonyl (C=O) groups excluding carboxylic acids is 1. The van der Waals surface area contributed by atoms with Crippen LogP contribution in [0.15, 0.2) is 24.3 Å². The van der Waals surface area contributed by atoms with E-state index in [0.717, 1.165) is 18.5 Å². The van der Waals surface area contributed by atoms with Crippen LogP contribution in [-0.4, -0.2) is 23.4 Å². The summed E-state index contributed by atoms with van der Waals surface area (Å²) in [4.78, 5) is 21.8. The van der Waals surface area contributed by atoms with Crippen molar-refractivity contribution in [2.75, 3.05) is 6.54 Å². The van der Waals surface area contributed by atoms with E-state index in [4.69, 9.17) is 0 Å². The molecular weight excluding hydrogens is 246 g/mol. The molecular formula is C13H17N3O3. The lowest BCUT2D eigenvalue weighted by Crippen LogP contribution is -2.52. The van der Waals surface area contributed by atoms with Crippen LogP contribution in [0.1, 0.15) is 18.9 Å². The molecule has 1 saturated heterocycles. The summed E-state index contributed by atoms with van der Waals surface area (Å²) < 4.78 is 0. The first-order chi connectivity index (χ1) is 9.08. The van der Waals surface area contributed by atoms with Crippen molar-refractivity contribution in [1.29, 1.82) is 0 Å². The molecule has 6 heteroatoms. The van der Waals surface area contributed by atoms with Crippen LogP contribution in [0.3, 0.4) is 0 Å². The third-order valence-electron chi connectivity index (χ3n) is 3.42. The molecule has 6 nitrogen and oxygen atoms in total. The van der Waals surface area contributed by atoms with Crippen LogP contribution in [0.2, 0.25) is 0 Å². The summed E-state index contributed by atoms with van der Waals surface area (Å²) in [6, 6.07) is 6.17. The van der Waals surface area contributed by atoms with Gasteiger partial charge in [-0.2, -0.15) is 0 Å². The molecule has 102 valence electrons. The predicted molar refractivity (Wildman–Crippen MR) is 70.5 cm³/mol. The molecule has 1 amide bonds. The van der Waals surface area contributed by atoms with E-state index in [2.05, 4.69) is 10.6 Å². The number of hydrogen-bond donors (Lipinski definition) is 2. The maximum atomic E-state index is 11.7. The number of rotatable bonds is 4. The van der Waals surface area contributed by atoms with Crippen molar-refractivity contribution in [3.8, 4) is 0 Å². The highest BCUT2D eigenvalue weighted by atomic mass is 16.6. The first kappa shape index (κ1) is 13.5. The summed E-state index contributed by atoms with van der Waals surface area (Å²) in [7, 11) is 0. The second-order valence-corrected chi connectivity index (χ2v) is 4.84. The fourth-order valence-electron chi connectivity index (χ4n) is 2.22. The van der Waals surface area contributed by atoms with Gasteiger partial charge in [0.2, 0.25) is 5.91 Å². The molecule has 19 heavy (non-hydrogen) atoms. The maximum absolute atomic E-state index is 11.7. The number of carbonyl (C=O) groups is 1. The molecule has 2 atom stereocenters. The van der Waals surface area contributed by atoms with E-state index in [1.807, 2.05) is 6.92 Å². The Kier molecular flexibility index (Phi) is 4.11. The molecule has 0 aliphatic carbocycles. The summed E-state index contributed by atoms with van der Waals surface area (Å²) in [6.45, 7) is 3.31. The topological polar surface area (TPSA) is 84.3 Å². The van der Waals surface area contributed by atoms with E-state index in [1.54, 1.807) is 12.1 Å². The summed E-state index contributed by atoms with van der Waals surface area (Å²) >= 11 is 0. The number of non-ortho nitro benzene ring substituents is 1. The largest absolute Gasteiger partial charge is 0.355 e. The Morgan fingerprint density at radius 3 is 2.68 bits per heavy atom. The summed E-state index contributed by atoms with van der Waals surface area (Å²) in [5.41, 5.74) is 1.00. The maximum Gasteiger partial charge on any atom is 0.269 e. The lowest BCUT2D eigenvalue weighted by Gasteiger charge is -2.29. The normalized spacial score (nSPS) is 22.9. The van der Waals surface area contributed by atoms with Crippen molar-refractivity contribution >= 4 is 11.6 Å². The second kappa shape index (κ2) is 5.79. The van der Waals surface area contributed by atoms with Gasteiger partial charge >= 0.3 is 0 Å². The highest BCUT2D eigenvalue weighted by Gasteiger charge is 2.27. The molecule has 1 aliphatic heterocycles. The zero-order chi connectivity index (χ0) is 13.8. The van der Waals surface area contributed by atoms with Gasteiger partial charge in [-0.15, -0.1) is 0 Å². The standard InChI is InChI=1S/C13H17N3O3/c1-9-6-7-14-13(17)12(9)15-8-10-2-4-11(5-3-10)16(18)19/h2-5,9,12,15H,6-8H2,1H3,(H,14,17)/t9-,12+/m1/s1. The summed E-state index contributed by atoms with van der Waals surface area (Å²) in [5, 5.41) is 16.6. The van der Waals surface area contributed by atoms with E-state index in [9.17, 15) is 14.9 Å². The van der Waals surface area contributed by atoms with Gasteiger partial charge in [0.1, 0.15) is 0 Å². The van der Waals surface area contributed by atoms with E-state index in [1.165, 1.54) is 12.1 Å². The molecule has 2 rings (SSSR count). The van der Waals surface area contributed by atoms with E-state index in [0.29, 0.717) is 12.5 Å². The number of hydrogen-bond acceptors (Lipinski definition) is 4. The molecule has 0 unspecified atom stereocenters. The predicted octanol–water partition coefficient (Wildman–Crippen LogP) is 1.21. The smallest absolute Gasteiger partial charge is 0.269 e. The Balaban J connectivity index is 1.94. The molecule has 1 heterocycles. The van der Waals surface area contributed by atoms with Gasteiger partial charge in [0.25, 0.3) is 5.69 Å². The second-order valence-electron chi connectivity index (χ2n) is 4.84. The lowest BCUT2D eigenvalue weighted by molar-refractivity contribution is -0.384. The van der Waals surface area contributed by atoms with Crippen molar-refractivity contribution in [1.82, 2.24) is 10.6 Å². The minimum absolute atomic E-state index is 0.0284. The highest BCUT2D eigenvalue weighted by molar-refractivity contribution is 5.82. The average Bonchev–Trinajstić information content (AvgIpc) is 2.38. The SMILES string of the molecule is C[C@@H]1CCNC(=O)[C@H]1NCc1ccc([N+](=O)[O-])cc1. The molecule has 0 bridgehead atoms. The number of nitrogens with one attached hydrogen (secondary N) is 2. The number of amides is 1. The van der Waals surface area contributed by atoms with Crippen molar-refractivity contribution < 1.29 is 9.72 Å². The van der Waals surface area contributed by atoms with Gasteiger partial charge < -0.3 is 10.6 Å². The zero-order valence-corrected chi connectivity index (χ0v) is 10.8. The zero-order valence-electron chi connectivity index (χ0n) is 10.8.